The van der Waals surface area contributed by atoms with E-state index in [1.54, 1.807) is 31.2 Å². The molecule has 0 amide bonds. The minimum Gasteiger partial charge on any atom is -0.600 e. The number of hydrogen-bond acceptors (Lipinski definition) is 8. The Morgan fingerprint density at radius 2 is 2.03 bits per heavy atom. The van der Waals surface area contributed by atoms with Crippen LogP contribution in [0, 0.1) is 6.92 Å². The van der Waals surface area contributed by atoms with Crippen LogP contribution in [0.1, 0.15) is 26.3 Å². The van der Waals surface area contributed by atoms with E-state index >= 15 is 0 Å². The molecule has 0 N–H and O–H groups in total. The average Bonchev–Trinajstić information content (AvgIpc) is 3.09. The standard InChI is InChI=1S/C18H25N5O5S/c1-5-27-17(24)19-16-12-23(20-28-16)22-11-10-21(13-18(22,3)4)29(25,26)15-8-6-14(2)7-9-15/h6-9,12H,5,10-11,13H2,1-4H3. The Hall–Kier alpha value is -2.66. The minimum absolute atomic E-state index is 0.00829. The van der Waals surface area contributed by atoms with Gasteiger partial charge in [0, 0.05) is 13.1 Å². The van der Waals surface area contributed by atoms with Crippen LogP contribution in [0.5, 0.6) is 0 Å². The molecule has 0 aliphatic carbocycles. The number of aromatic nitrogens is 2. The van der Waals surface area contributed by atoms with E-state index < -0.39 is 21.6 Å². The van der Waals surface area contributed by atoms with Crippen molar-refractivity contribution in [2.75, 3.05) is 31.3 Å². The predicted molar refractivity (Wildman–Crippen MR) is 103 cm³/mol. The lowest BCUT2D eigenvalue weighted by Crippen LogP contribution is -2.74. The van der Waals surface area contributed by atoms with Gasteiger partial charge in [-0.3, -0.25) is 4.52 Å². The molecule has 1 fully saturated rings. The van der Waals surface area contributed by atoms with Gasteiger partial charge in [-0.05, 0) is 39.5 Å². The van der Waals surface area contributed by atoms with E-state index in [-0.39, 0.29) is 30.5 Å². The Bertz CT molecular complexity index is 984. The molecule has 0 unspecified atom stereocenters. The fourth-order valence-electron chi connectivity index (χ4n) is 3.18. The molecule has 0 spiro atoms. The van der Waals surface area contributed by atoms with Crippen LogP contribution in [0.25, 0.3) is 0 Å². The summed E-state index contributed by atoms with van der Waals surface area (Å²) in [5.41, 5.74) is 0.416. The average molecular weight is 423 g/mol. The molecule has 0 atom stereocenters. The van der Waals surface area contributed by atoms with E-state index in [2.05, 4.69) is 10.3 Å². The molecule has 158 valence electrons. The van der Waals surface area contributed by atoms with Crippen molar-refractivity contribution in [3.8, 4) is 0 Å². The molecule has 1 aliphatic heterocycles. The molecule has 0 bridgehead atoms. The lowest BCUT2D eigenvalue weighted by molar-refractivity contribution is -0.766. The summed E-state index contributed by atoms with van der Waals surface area (Å²) in [6.07, 6.45) is 0.701. The van der Waals surface area contributed by atoms with Crippen molar-refractivity contribution in [3.63, 3.8) is 0 Å². The summed E-state index contributed by atoms with van der Waals surface area (Å²) in [5, 5.41) is 17.2. The van der Waals surface area contributed by atoms with Crippen LogP contribution < -0.4 is 14.9 Å². The first-order valence-electron chi connectivity index (χ1n) is 9.25. The van der Waals surface area contributed by atoms with Gasteiger partial charge in [-0.25, -0.2) is 8.42 Å². The van der Waals surface area contributed by atoms with Gasteiger partial charge in [-0.1, -0.05) is 24.6 Å². The van der Waals surface area contributed by atoms with Crippen LogP contribution in [-0.4, -0.2) is 55.9 Å². The number of hydrogen-bond donors (Lipinski definition) is 0. The quantitative estimate of drug-likeness (QED) is 0.380. The van der Waals surface area contributed by atoms with Crippen molar-refractivity contribution in [3.05, 3.63) is 36.0 Å². The first-order valence-corrected chi connectivity index (χ1v) is 10.7. The summed E-state index contributed by atoms with van der Waals surface area (Å²) in [4.78, 5) is 5.38. The maximum absolute atomic E-state index is 13.0. The monoisotopic (exact) mass is 423 g/mol. The normalized spacial score (nSPS) is 18.1. The van der Waals surface area contributed by atoms with E-state index in [0.29, 0.717) is 6.54 Å². The molecule has 1 saturated heterocycles. The van der Waals surface area contributed by atoms with Gasteiger partial charge < -0.3 is 9.84 Å². The molecule has 29 heavy (non-hydrogen) atoms. The van der Waals surface area contributed by atoms with Gasteiger partial charge in [0.25, 0.3) is 6.20 Å². The smallest absolute Gasteiger partial charge is 0.326 e. The first-order chi connectivity index (χ1) is 13.6. The molecule has 1 aliphatic rings. The number of sulfonamides is 1. The molecule has 1 aromatic heterocycles. The van der Waals surface area contributed by atoms with Gasteiger partial charge >= 0.3 is 5.88 Å². The van der Waals surface area contributed by atoms with Crippen LogP contribution in [0.3, 0.4) is 0 Å². The van der Waals surface area contributed by atoms with Gasteiger partial charge in [-0.15, -0.1) is 5.01 Å². The van der Waals surface area contributed by atoms with Gasteiger partial charge in [0.1, 0.15) is 5.54 Å². The summed E-state index contributed by atoms with van der Waals surface area (Å²) < 4.78 is 37.3. The zero-order chi connectivity index (χ0) is 21.2. The first kappa shape index (κ1) is 21.1. The topological polar surface area (TPSA) is 115 Å². The minimum atomic E-state index is -3.60. The van der Waals surface area contributed by atoms with Crippen molar-refractivity contribution >= 4 is 22.0 Å². The zero-order valence-corrected chi connectivity index (χ0v) is 17.7. The Morgan fingerprint density at radius 3 is 2.66 bits per heavy atom. The molecule has 11 heteroatoms. The number of aryl methyl sites for hydroxylation is 1. The highest BCUT2D eigenvalue weighted by Crippen LogP contribution is 2.24. The Kier molecular flexibility index (Phi) is 5.80. The summed E-state index contributed by atoms with van der Waals surface area (Å²) in [6.45, 7) is 8.55. The predicted octanol–water partition coefficient (Wildman–Crippen LogP) is 0.0759. The number of nitrogens with zero attached hydrogens (tertiary/aromatic N) is 5. The number of rotatable bonds is 5. The molecule has 2 aromatic rings. The fourth-order valence-corrected chi connectivity index (χ4v) is 4.77. The SMILES string of the molecule is CCOC([O-])=Nc1c[n+](N2CCN(S(=O)(=O)c3ccc(C)cc3)CC2(C)C)no1. The van der Waals surface area contributed by atoms with Crippen LogP contribution in [-0.2, 0) is 14.8 Å². The highest BCUT2D eigenvalue weighted by atomic mass is 32.2. The van der Waals surface area contributed by atoms with Gasteiger partial charge in [0.05, 0.1) is 16.2 Å². The molecule has 0 radical (unpaired) electrons. The molecule has 0 saturated carbocycles. The summed E-state index contributed by atoms with van der Waals surface area (Å²) in [6, 6.07) is 6.82. The fraction of sp³-hybridized carbons (Fsp3) is 0.500. The maximum Gasteiger partial charge on any atom is 0.326 e. The number of benzene rings is 1. The zero-order valence-electron chi connectivity index (χ0n) is 16.9. The van der Waals surface area contributed by atoms with Crippen LogP contribution in [0.2, 0.25) is 0 Å². The van der Waals surface area contributed by atoms with Crippen molar-refractivity contribution in [2.45, 2.75) is 38.1 Å². The molecule has 2 heterocycles. The summed E-state index contributed by atoms with van der Waals surface area (Å²) in [5.74, 6) is 0.00829. The van der Waals surface area contributed by atoms with Crippen LogP contribution in [0.4, 0.5) is 5.88 Å². The Morgan fingerprint density at radius 1 is 1.34 bits per heavy atom. The van der Waals surface area contributed by atoms with Crippen molar-refractivity contribution < 1.29 is 27.6 Å². The third-order valence-corrected chi connectivity index (χ3v) is 6.50. The van der Waals surface area contributed by atoms with Crippen molar-refractivity contribution in [1.29, 1.82) is 0 Å². The van der Waals surface area contributed by atoms with Crippen molar-refractivity contribution in [1.82, 2.24) is 9.58 Å². The molecule has 10 nitrogen and oxygen atoms in total. The third-order valence-electron chi connectivity index (χ3n) is 4.64. The Balaban J connectivity index is 1.78. The van der Waals surface area contributed by atoms with E-state index in [4.69, 9.17) is 9.26 Å². The van der Waals surface area contributed by atoms with Crippen LogP contribution >= 0.6 is 0 Å². The molecule has 3 rings (SSSR count). The van der Waals surface area contributed by atoms with Gasteiger partial charge in [0.2, 0.25) is 15.3 Å². The lowest BCUT2D eigenvalue weighted by Gasteiger charge is -2.41. The number of piperazine rings is 1. The van der Waals surface area contributed by atoms with Gasteiger partial charge in [-0.2, -0.15) is 9.30 Å². The van der Waals surface area contributed by atoms with Gasteiger partial charge in [0.15, 0.2) is 6.08 Å². The largest absolute Gasteiger partial charge is 0.600 e. The Labute approximate surface area is 170 Å². The van der Waals surface area contributed by atoms with E-state index in [9.17, 15) is 13.5 Å². The van der Waals surface area contributed by atoms with E-state index in [1.165, 1.54) is 15.3 Å². The third kappa shape index (κ3) is 4.51. The second kappa shape index (κ2) is 7.99. The highest BCUT2D eigenvalue weighted by Gasteiger charge is 2.44. The molecular formula is C18H25N5O5S. The second-order valence-electron chi connectivity index (χ2n) is 7.36. The molecule has 1 aromatic carbocycles. The van der Waals surface area contributed by atoms with E-state index in [1.807, 2.05) is 25.8 Å². The lowest BCUT2D eigenvalue weighted by atomic mass is 10.0. The van der Waals surface area contributed by atoms with Crippen molar-refractivity contribution in [2.24, 2.45) is 4.99 Å². The summed E-state index contributed by atoms with van der Waals surface area (Å²) >= 11 is 0. The maximum atomic E-state index is 13.0. The van der Waals surface area contributed by atoms with Crippen LogP contribution in [0.15, 0.2) is 44.9 Å². The number of ether oxygens (including phenoxy) is 1. The summed E-state index contributed by atoms with van der Waals surface area (Å²) in [7, 11) is -3.60. The highest BCUT2D eigenvalue weighted by molar-refractivity contribution is 7.89. The second-order valence-corrected chi connectivity index (χ2v) is 9.30. The number of aliphatic imine (C=N–C) groups is 1. The molecular weight excluding hydrogens is 398 g/mol. The van der Waals surface area contributed by atoms with E-state index in [0.717, 1.165) is 5.56 Å².